The van der Waals surface area contributed by atoms with Crippen molar-refractivity contribution in [3.63, 3.8) is 0 Å². The smallest absolute Gasteiger partial charge is 0.227 e. The summed E-state index contributed by atoms with van der Waals surface area (Å²) in [6.45, 7) is 5.37. The number of piperidine rings is 1. The first-order chi connectivity index (χ1) is 14.7. The Hall–Kier alpha value is -2.73. The van der Waals surface area contributed by atoms with Crippen molar-refractivity contribution in [1.29, 1.82) is 0 Å². The van der Waals surface area contributed by atoms with Gasteiger partial charge >= 0.3 is 0 Å². The molecule has 1 atom stereocenters. The molecule has 158 valence electrons. The molecule has 3 heterocycles. The van der Waals surface area contributed by atoms with Crippen LogP contribution in [-0.2, 0) is 22.6 Å². The van der Waals surface area contributed by atoms with Gasteiger partial charge in [0.05, 0.1) is 18.0 Å². The van der Waals surface area contributed by atoms with Gasteiger partial charge < -0.3 is 9.80 Å². The normalized spacial score (nSPS) is 20.2. The number of carbonyl (C=O) groups excluding carboxylic acids is 2. The number of nitrogens with zero attached hydrogens (tertiary/aromatic N) is 4. The van der Waals surface area contributed by atoms with Crippen molar-refractivity contribution in [3.05, 3.63) is 66.0 Å². The van der Waals surface area contributed by atoms with E-state index in [1.807, 2.05) is 64.5 Å². The van der Waals surface area contributed by atoms with Crippen LogP contribution in [0.15, 0.2) is 54.7 Å². The number of carbonyl (C=O) groups is 2. The van der Waals surface area contributed by atoms with Crippen molar-refractivity contribution in [1.82, 2.24) is 19.7 Å². The van der Waals surface area contributed by atoms with Gasteiger partial charge in [-0.3, -0.25) is 19.5 Å². The molecular weight excluding hydrogens is 376 g/mol. The summed E-state index contributed by atoms with van der Waals surface area (Å²) in [5.74, 6) is 0.268. The third-order valence-electron chi connectivity index (χ3n) is 6.12. The van der Waals surface area contributed by atoms with Crippen LogP contribution in [0.3, 0.4) is 0 Å². The van der Waals surface area contributed by atoms with E-state index in [-0.39, 0.29) is 17.7 Å². The standard InChI is InChI=1S/C24H30N4O2/c29-23(17-20-7-2-1-3-8-20)28-12-6-9-21(18-28)24(30)27-15-13-26(14-16-27)19-22-10-4-5-11-25-22/h1-5,7-8,10-11,21H,6,9,12-19H2/t21-/m0/s1. The first-order valence-electron chi connectivity index (χ1n) is 10.9. The second-order valence-corrected chi connectivity index (χ2v) is 8.26. The molecule has 2 aromatic rings. The molecule has 1 aromatic heterocycles. The number of rotatable bonds is 5. The Bertz CT molecular complexity index is 835. The van der Waals surface area contributed by atoms with E-state index in [0.29, 0.717) is 13.0 Å². The Labute approximate surface area is 178 Å². The van der Waals surface area contributed by atoms with Gasteiger partial charge in [-0.05, 0) is 30.5 Å². The lowest BCUT2D eigenvalue weighted by atomic mass is 9.95. The van der Waals surface area contributed by atoms with Gasteiger partial charge in [-0.1, -0.05) is 36.4 Å². The molecule has 0 spiro atoms. The number of hydrogen-bond donors (Lipinski definition) is 0. The van der Waals surface area contributed by atoms with E-state index in [2.05, 4.69) is 9.88 Å². The third-order valence-corrected chi connectivity index (χ3v) is 6.12. The van der Waals surface area contributed by atoms with Crippen LogP contribution < -0.4 is 0 Å². The Morgan fingerprint density at radius 3 is 2.40 bits per heavy atom. The van der Waals surface area contributed by atoms with E-state index < -0.39 is 0 Å². The zero-order valence-corrected chi connectivity index (χ0v) is 17.4. The Kier molecular flexibility index (Phi) is 6.74. The largest absolute Gasteiger partial charge is 0.342 e. The summed E-state index contributed by atoms with van der Waals surface area (Å²) in [5.41, 5.74) is 2.09. The second-order valence-electron chi connectivity index (χ2n) is 8.26. The first-order valence-corrected chi connectivity index (χ1v) is 10.9. The van der Waals surface area contributed by atoms with Crippen LogP contribution in [0, 0.1) is 5.92 Å². The van der Waals surface area contributed by atoms with Gasteiger partial charge in [0.2, 0.25) is 11.8 Å². The fourth-order valence-electron chi connectivity index (χ4n) is 4.39. The van der Waals surface area contributed by atoms with E-state index in [1.165, 1.54) is 0 Å². The highest BCUT2D eigenvalue weighted by atomic mass is 16.2. The highest BCUT2D eigenvalue weighted by molar-refractivity contribution is 5.82. The van der Waals surface area contributed by atoms with Crippen molar-refractivity contribution in [2.45, 2.75) is 25.8 Å². The van der Waals surface area contributed by atoms with Crippen LogP contribution >= 0.6 is 0 Å². The maximum absolute atomic E-state index is 13.1. The maximum Gasteiger partial charge on any atom is 0.227 e. The number of likely N-dealkylation sites (tertiary alicyclic amines) is 1. The van der Waals surface area contributed by atoms with Crippen molar-refractivity contribution in [2.75, 3.05) is 39.3 Å². The summed E-state index contributed by atoms with van der Waals surface area (Å²) in [4.78, 5) is 36.4. The van der Waals surface area contributed by atoms with Gasteiger partial charge in [0.25, 0.3) is 0 Å². The minimum atomic E-state index is -0.0687. The summed E-state index contributed by atoms with van der Waals surface area (Å²) in [5, 5.41) is 0. The molecular formula is C24H30N4O2. The average Bonchev–Trinajstić information content (AvgIpc) is 2.80. The minimum absolute atomic E-state index is 0.0687. The SMILES string of the molecule is O=C(Cc1ccccc1)N1CCC[C@H](C(=O)N2CCN(Cc3ccccn3)CC2)C1. The molecule has 2 saturated heterocycles. The number of pyridine rings is 1. The quantitative estimate of drug-likeness (QED) is 0.764. The summed E-state index contributed by atoms with van der Waals surface area (Å²) >= 11 is 0. The van der Waals surface area contributed by atoms with E-state index >= 15 is 0 Å². The molecule has 1 aromatic carbocycles. The predicted octanol–water partition coefficient (Wildman–Crippen LogP) is 2.21. The first kappa shape index (κ1) is 20.5. The Morgan fingerprint density at radius 2 is 1.67 bits per heavy atom. The van der Waals surface area contributed by atoms with Crippen molar-refractivity contribution < 1.29 is 9.59 Å². The molecule has 0 bridgehead atoms. The number of aromatic nitrogens is 1. The lowest BCUT2D eigenvalue weighted by Gasteiger charge is -2.39. The number of hydrogen-bond acceptors (Lipinski definition) is 4. The van der Waals surface area contributed by atoms with Gasteiger partial charge in [0, 0.05) is 52.0 Å². The molecule has 0 aliphatic carbocycles. The molecule has 2 fully saturated rings. The van der Waals surface area contributed by atoms with E-state index in [4.69, 9.17) is 0 Å². The molecule has 2 amide bonds. The fourth-order valence-corrected chi connectivity index (χ4v) is 4.39. The number of piperazine rings is 1. The van der Waals surface area contributed by atoms with E-state index in [0.717, 1.165) is 63.4 Å². The molecule has 4 rings (SSSR count). The van der Waals surface area contributed by atoms with Gasteiger partial charge in [-0.15, -0.1) is 0 Å². The Morgan fingerprint density at radius 1 is 0.900 bits per heavy atom. The summed E-state index contributed by atoms with van der Waals surface area (Å²) in [6, 6.07) is 15.8. The van der Waals surface area contributed by atoms with Crippen molar-refractivity contribution >= 4 is 11.8 Å². The lowest BCUT2D eigenvalue weighted by molar-refractivity contribution is -0.142. The molecule has 6 heteroatoms. The Balaban J connectivity index is 1.27. The van der Waals surface area contributed by atoms with Crippen molar-refractivity contribution in [2.24, 2.45) is 5.92 Å². The van der Waals surface area contributed by atoms with Crippen LogP contribution in [0.25, 0.3) is 0 Å². The summed E-state index contributed by atoms with van der Waals surface area (Å²) < 4.78 is 0. The highest BCUT2D eigenvalue weighted by Gasteiger charge is 2.32. The summed E-state index contributed by atoms with van der Waals surface area (Å²) in [6.07, 6.45) is 4.01. The zero-order valence-electron chi connectivity index (χ0n) is 17.4. The molecule has 0 N–H and O–H groups in total. The van der Waals surface area contributed by atoms with Crippen LogP contribution in [0.1, 0.15) is 24.1 Å². The van der Waals surface area contributed by atoms with Gasteiger partial charge in [-0.25, -0.2) is 0 Å². The van der Waals surface area contributed by atoms with Gasteiger partial charge in [-0.2, -0.15) is 0 Å². The molecule has 0 saturated carbocycles. The topological polar surface area (TPSA) is 56.8 Å². The maximum atomic E-state index is 13.1. The van der Waals surface area contributed by atoms with Gasteiger partial charge in [0.1, 0.15) is 0 Å². The van der Waals surface area contributed by atoms with Gasteiger partial charge in [0.15, 0.2) is 0 Å². The molecule has 2 aliphatic rings. The lowest BCUT2D eigenvalue weighted by Crippen LogP contribution is -2.53. The molecule has 6 nitrogen and oxygen atoms in total. The van der Waals surface area contributed by atoms with E-state index in [1.54, 1.807) is 0 Å². The summed E-state index contributed by atoms with van der Waals surface area (Å²) in [7, 11) is 0. The monoisotopic (exact) mass is 406 g/mol. The van der Waals surface area contributed by atoms with E-state index in [9.17, 15) is 9.59 Å². The molecule has 2 aliphatic heterocycles. The minimum Gasteiger partial charge on any atom is -0.342 e. The predicted molar refractivity (Wildman–Crippen MR) is 116 cm³/mol. The van der Waals surface area contributed by atoms with Crippen LogP contribution in [0.5, 0.6) is 0 Å². The van der Waals surface area contributed by atoms with Crippen LogP contribution in [0.2, 0.25) is 0 Å². The molecule has 0 unspecified atom stereocenters. The number of amides is 2. The molecule has 30 heavy (non-hydrogen) atoms. The fraction of sp³-hybridized carbons (Fsp3) is 0.458. The van der Waals surface area contributed by atoms with Crippen molar-refractivity contribution in [3.8, 4) is 0 Å². The van der Waals surface area contributed by atoms with Crippen LogP contribution in [-0.4, -0.2) is 70.8 Å². The average molecular weight is 407 g/mol. The zero-order chi connectivity index (χ0) is 20.8. The number of benzene rings is 1. The van der Waals surface area contributed by atoms with Crippen LogP contribution in [0.4, 0.5) is 0 Å². The highest BCUT2D eigenvalue weighted by Crippen LogP contribution is 2.21. The third kappa shape index (κ3) is 5.25. The molecule has 0 radical (unpaired) electrons. The second kappa shape index (κ2) is 9.85.